The van der Waals surface area contributed by atoms with Crippen LogP contribution in [0.2, 0.25) is 0 Å². The van der Waals surface area contributed by atoms with E-state index in [1.165, 1.54) is 0 Å². The Morgan fingerprint density at radius 1 is 1.33 bits per heavy atom. The Bertz CT molecular complexity index is 158. The van der Waals surface area contributed by atoms with Gasteiger partial charge in [-0.15, -0.1) is 0 Å². The van der Waals surface area contributed by atoms with E-state index in [2.05, 4.69) is 45.1 Å². The van der Waals surface area contributed by atoms with Gasteiger partial charge in [0, 0.05) is 19.7 Å². The van der Waals surface area contributed by atoms with Gasteiger partial charge in [0.15, 0.2) is 0 Å². The number of ether oxygens (including phenoxy) is 1. The van der Waals surface area contributed by atoms with Crippen LogP contribution >= 0.6 is 0 Å². The molecule has 0 saturated heterocycles. The van der Waals surface area contributed by atoms with Gasteiger partial charge in [0.1, 0.15) is 0 Å². The number of nitrogens with zero attached hydrogens (tertiary/aromatic N) is 1. The predicted molar refractivity (Wildman–Crippen MR) is 66.3 cm³/mol. The zero-order valence-electron chi connectivity index (χ0n) is 11.3. The molecular weight excluding hydrogens is 188 g/mol. The fourth-order valence-electron chi connectivity index (χ4n) is 1.61. The lowest BCUT2D eigenvalue weighted by Crippen LogP contribution is -2.39. The van der Waals surface area contributed by atoms with E-state index in [9.17, 15) is 0 Å². The van der Waals surface area contributed by atoms with Crippen molar-refractivity contribution < 1.29 is 4.74 Å². The van der Waals surface area contributed by atoms with Gasteiger partial charge in [-0.05, 0) is 47.3 Å². The molecule has 15 heavy (non-hydrogen) atoms. The van der Waals surface area contributed by atoms with E-state index in [1.807, 2.05) is 0 Å². The molecule has 0 rings (SSSR count). The highest BCUT2D eigenvalue weighted by molar-refractivity contribution is 4.75. The molecule has 0 aromatic rings. The largest absolute Gasteiger partial charge is 0.379 e. The summed E-state index contributed by atoms with van der Waals surface area (Å²) in [6.07, 6.45) is 2.25. The van der Waals surface area contributed by atoms with E-state index in [4.69, 9.17) is 4.74 Å². The van der Waals surface area contributed by atoms with Crippen LogP contribution in [0.15, 0.2) is 0 Å². The summed E-state index contributed by atoms with van der Waals surface area (Å²) < 4.78 is 5.43. The van der Waals surface area contributed by atoms with Crippen LogP contribution in [0.25, 0.3) is 0 Å². The Labute approximate surface area is 95.2 Å². The van der Waals surface area contributed by atoms with Crippen molar-refractivity contribution in [2.45, 2.75) is 45.3 Å². The highest BCUT2D eigenvalue weighted by atomic mass is 16.5. The first kappa shape index (κ1) is 14.9. The quantitative estimate of drug-likeness (QED) is 0.669. The second-order valence-electron chi connectivity index (χ2n) is 5.02. The van der Waals surface area contributed by atoms with Crippen LogP contribution in [0.1, 0.15) is 33.6 Å². The first-order valence-corrected chi connectivity index (χ1v) is 5.84. The maximum absolute atomic E-state index is 5.43. The Morgan fingerprint density at radius 2 is 1.93 bits per heavy atom. The fourth-order valence-corrected chi connectivity index (χ4v) is 1.61. The summed E-state index contributed by atoms with van der Waals surface area (Å²) in [6, 6.07) is 0.569. The number of likely N-dealkylation sites (N-methyl/N-ethyl adjacent to an activating group) is 2. The topological polar surface area (TPSA) is 24.5 Å². The molecule has 3 nitrogen and oxygen atoms in total. The van der Waals surface area contributed by atoms with Gasteiger partial charge in [0.2, 0.25) is 0 Å². The lowest BCUT2D eigenvalue weighted by atomic mass is 9.98. The average molecular weight is 216 g/mol. The van der Waals surface area contributed by atoms with Crippen LogP contribution in [0.3, 0.4) is 0 Å². The molecule has 0 aliphatic carbocycles. The van der Waals surface area contributed by atoms with Gasteiger partial charge in [0.05, 0.1) is 5.60 Å². The van der Waals surface area contributed by atoms with Crippen molar-refractivity contribution in [3.63, 3.8) is 0 Å². The van der Waals surface area contributed by atoms with Crippen molar-refractivity contribution in [3.05, 3.63) is 0 Å². The summed E-state index contributed by atoms with van der Waals surface area (Å²) in [7, 11) is 6.02. The summed E-state index contributed by atoms with van der Waals surface area (Å²) in [6.45, 7) is 8.57. The fraction of sp³-hybridized carbons (Fsp3) is 1.00. The van der Waals surface area contributed by atoms with Crippen molar-refractivity contribution >= 4 is 0 Å². The van der Waals surface area contributed by atoms with Crippen LogP contribution in [0.5, 0.6) is 0 Å². The zero-order valence-corrected chi connectivity index (χ0v) is 11.3. The Balaban J connectivity index is 3.94. The maximum atomic E-state index is 5.43. The van der Waals surface area contributed by atoms with Crippen molar-refractivity contribution in [1.82, 2.24) is 10.2 Å². The third kappa shape index (κ3) is 7.77. The predicted octanol–water partition coefficient (Wildman–Crippen LogP) is 1.73. The van der Waals surface area contributed by atoms with E-state index < -0.39 is 0 Å². The summed E-state index contributed by atoms with van der Waals surface area (Å²) in [5, 5.41) is 3.51. The molecule has 0 saturated carbocycles. The summed E-state index contributed by atoms with van der Waals surface area (Å²) in [5.41, 5.74) is -0.0000156. The van der Waals surface area contributed by atoms with Crippen LogP contribution < -0.4 is 5.32 Å². The second-order valence-corrected chi connectivity index (χ2v) is 5.02. The SMILES string of the molecule is CCNC(CCC(C)(C)OC)CN(C)C. The van der Waals surface area contributed by atoms with Gasteiger partial charge < -0.3 is 15.0 Å². The number of rotatable bonds is 8. The van der Waals surface area contributed by atoms with Crippen molar-refractivity contribution in [2.75, 3.05) is 34.3 Å². The van der Waals surface area contributed by atoms with E-state index in [0.29, 0.717) is 6.04 Å². The Morgan fingerprint density at radius 3 is 2.33 bits per heavy atom. The summed E-state index contributed by atoms with van der Waals surface area (Å²) >= 11 is 0. The lowest BCUT2D eigenvalue weighted by Gasteiger charge is -2.27. The van der Waals surface area contributed by atoms with E-state index >= 15 is 0 Å². The van der Waals surface area contributed by atoms with Crippen molar-refractivity contribution in [3.8, 4) is 0 Å². The van der Waals surface area contributed by atoms with Crippen LogP contribution in [0.4, 0.5) is 0 Å². The third-order valence-electron chi connectivity index (χ3n) is 2.73. The highest BCUT2D eigenvalue weighted by Crippen LogP contribution is 2.16. The summed E-state index contributed by atoms with van der Waals surface area (Å²) in [5.74, 6) is 0. The zero-order chi connectivity index (χ0) is 11.9. The van der Waals surface area contributed by atoms with Crippen LogP contribution in [-0.4, -0.2) is 50.8 Å². The molecular formula is C12H28N2O. The minimum absolute atomic E-state index is 0.0000156. The van der Waals surface area contributed by atoms with Gasteiger partial charge in [-0.1, -0.05) is 6.92 Å². The first-order valence-electron chi connectivity index (χ1n) is 5.84. The molecule has 3 heteroatoms. The Kier molecular flexibility index (Phi) is 7.14. The van der Waals surface area contributed by atoms with Crippen LogP contribution in [-0.2, 0) is 4.74 Å². The molecule has 0 fully saturated rings. The molecule has 1 unspecified atom stereocenters. The first-order chi connectivity index (χ1) is 6.91. The molecule has 0 aliphatic rings. The van der Waals surface area contributed by atoms with E-state index in [1.54, 1.807) is 7.11 Å². The molecule has 0 spiro atoms. The molecule has 1 N–H and O–H groups in total. The highest BCUT2D eigenvalue weighted by Gasteiger charge is 2.19. The van der Waals surface area contributed by atoms with Gasteiger partial charge in [-0.25, -0.2) is 0 Å². The Hall–Kier alpha value is -0.120. The third-order valence-corrected chi connectivity index (χ3v) is 2.73. The average Bonchev–Trinajstić information content (AvgIpc) is 2.14. The molecule has 0 aromatic carbocycles. The van der Waals surface area contributed by atoms with Gasteiger partial charge in [-0.2, -0.15) is 0 Å². The van der Waals surface area contributed by atoms with Gasteiger partial charge in [0.25, 0.3) is 0 Å². The van der Waals surface area contributed by atoms with Crippen LogP contribution in [0, 0.1) is 0 Å². The molecule has 92 valence electrons. The van der Waals surface area contributed by atoms with E-state index in [-0.39, 0.29) is 5.60 Å². The molecule has 1 atom stereocenters. The monoisotopic (exact) mass is 216 g/mol. The maximum Gasteiger partial charge on any atom is 0.0623 e. The van der Waals surface area contributed by atoms with Crippen molar-refractivity contribution in [2.24, 2.45) is 0 Å². The molecule has 0 aromatic heterocycles. The lowest BCUT2D eigenvalue weighted by molar-refractivity contribution is 0.0112. The second kappa shape index (κ2) is 7.20. The standard InChI is InChI=1S/C12H28N2O/c1-7-13-11(10-14(4)5)8-9-12(2,3)15-6/h11,13H,7-10H2,1-6H3. The number of hydrogen-bond acceptors (Lipinski definition) is 3. The number of hydrogen-bond donors (Lipinski definition) is 1. The number of methoxy groups -OCH3 is 1. The molecule has 0 heterocycles. The molecule has 0 bridgehead atoms. The molecule has 0 aliphatic heterocycles. The normalized spacial score (nSPS) is 14.6. The minimum Gasteiger partial charge on any atom is -0.379 e. The molecule has 0 radical (unpaired) electrons. The molecule has 0 amide bonds. The van der Waals surface area contributed by atoms with Crippen molar-refractivity contribution in [1.29, 1.82) is 0 Å². The number of nitrogens with one attached hydrogen (secondary N) is 1. The van der Waals surface area contributed by atoms with Gasteiger partial charge >= 0.3 is 0 Å². The van der Waals surface area contributed by atoms with Gasteiger partial charge in [-0.3, -0.25) is 0 Å². The van der Waals surface area contributed by atoms with E-state index in [0.717, 1.165) is 25.9 Å². The summed E-state index contributed by atoms with van der Waals surface area (Å²) in [4.78, 5) is 2.23. The smallest absolute Gasteiger partial charge is 0.0623 e. The minimum atomic E-state index is -0.0000156.